The minimum Gasteiger partial charge on any atom is -0.377 e. The summed E-state index contributed by atoms with van der Waals surface area (Å²) in [6.07, 6.45) is 1.32. The molecule has 3 atom stereocenters. The molecule has 0 bridgehead atoms. The first-order chi connectivity index (χ1) is 8.60. The monoisotopic (exact) mass is 258 g/mol. The van der Waals surface area contributed by atoms with E-state index in [0.717, 1.165) is 19.6 Å². The van der Waals surface area contributed by atoms with Gasteiger partial charge in [-0.2, -0.15) is 0 Å². The molecule has 0 aromatic carbocycles. The van der Waals surface area contributed by atoms with Crippen molar-refractivity contribution in [2.45, 2.75) is 45.4 Å². The van der Waals surface area contributed by atoms with Crippen molar-refractivity contribution in [3.05, 3.63) is 0 Å². The molecule has 0 saturated heterocycles. The lowest BCUT2D eigenvalue weighted by molar-refractivity contribution is -0.131. The van der Waals surface area contributed by atoms with Gasteiger partial charge >= 0.3 is 0 Å². The molecule has 0 radical (unpaired) electrons. The number of amides is 1. The minimum atomic E-state index is 0.0442. The number of rotatable bonds is 8. The highest BCUT2D eigenvalue weighted by Crippen LogP contribution is 2.26. The number of nitrogens with one attached hydrogen (secondary N) is 2. The van der Waals surface area contributed by atoms with Crippen molar-refractivity contribution in [2.24, 2.45) is 5.92 Å². The molecule has 18 heavy (non-hydrogen) atoms. The van der Waals surface area contributed by atoms with Gasteiger partial charge < -0.3 is 20.1 Å². The van der Waals surface area contributed by atoms with Crippen LogP contribution in [0.3, 0.4) is 0 Å². The summed E-state index contributed by atoms with van der Waals surface area (Å²) in [5, 5.41) is 6.26. The van der Waals surface area contributed by atoms with Crippen LogP contribution in [0.15, 0.2) is 0 Å². The number of hydrogen-bond acceptors (Lipinski definition) is 4. The van der Waals surface area contributed by atoms with Crippen LogP contribution in [-0.2, 0) is 14.3 Å². The van der Waals surface area contributed by atoms with Gasteiger partial charge in [-0.05, 0) is 13.3 Å². The molecule has 0 aromatic heterocycles. The van der Waals surface area contributed by atoms with Gasteiger partial charge in [0.1, 0.15) is 0 Å². The van der Waals surface area contributed by atoms with E-state index in [1.54, 1.807) is 7.11 Å². The van der Waals surface area contributed by atoms with Crippen molar-refractivity contribution < 1.29 is 14.3 Å². The molecule has 0 aliphatic heterocycles. The first-order valence-corrected chi connectivity index (χ1v) is 6.75. The van der Waals surface area contributed by atoms with Gasteiger partial charge in [-0.25, -0.2) is 0 Å². The smallest absolute Gasteiger partial charge is 0.222 e. The van der Waals surface area contributed by atoms with Crippen molar-refractivity contribution in [1.82, 2.24) is 10.6 Å². The summed E-state index contributed by atoms with van der Waals surface area (Å²) in [6, 6.07) is 0.336. The van der Waals surface area contributed by atoms with E-state index >= 15 is 0 Å². The Morgan fingerprint density at radius 2 is 2.11 bits per heavy atom. The third kappa shape index (κ3) is 4.23. The molecule has 5 nitrogen and oxygen atoms in total. The van der Waals surface area contributed by atoms with Crippen molar-refractivity contribution >= 4 is 5.91 Å². The average Bonchev–Trinajstić information content (AvgIpc) is 2.31. The summed E-state index contributed by atoms with van der Waals surface area (Å²) >= 11 is 0. The summed E-state index contributed by atoms with van der Waals surface area (Å²) < 4.78 is 11.0. The Morgan fingerprint density at radius 3 is 2.67 bits per heavy atom. The number of methoxy groups -OCH3 is 1. The van der Waals surface area contributed by atoms with Gasteiger partial charge in [0.25, 0.3) is 0 Å². The fraction of sp³-hybridized carbons (Fsp3) is 0.923. The molecule has 1 amide bonds. The summed E-state index contributed by atoms with van der Waals surface area (Å²) in [6.45, 7) is 7.92. The molecule has 106 valence electrons. The van der Waals surface area contributed by atoms with Crippen LogP contribution in [0.2, 0.25) is 0 Å². The van der Waals surface area contributed by atoms with E-state index in [4.69, 9.17) is 9.47 Å². The lowest BCUT2D eigenvalue weighted by Gasteiger charge is -2.43. The Balaban J connectivity index is 2.12. The zero-order valence-corrected chi connectivity index (χ0v) is 11.9. The molecule has 1 rings (SSSR count). The highest BCUT2D eigenvalue weighted by molar-refractivity contribution is 5.77. The molecule has 1 aliphatic rings. The van der Waals surface area contributed by atoms with Gasteiger partial charge in [0.05, 0.1) is 12.2 Å². The van der Waals surface area contributed by atoms with Crippen LogP contribution in [-0.4, -0.2) is 51.0 Å². The van der Waals surface area contributed by atoms with Gasteiger partial charge in [-0.15, -0.1) is 0 Å². The number of carbonyl (C=O) groups is 1. The summed E-state index contributed by atoms with van der Waals surface area (Å²) in [4.78, 5) is 11.3. The third-order valence-corrected chi connectivity index (χ3v) is 3.26. The van der Waals surface area contributed by atoms with E-state index in [-0.39, 0.29) is 24.0 Å². The maximum absolute atomic E-state index is 11.3. The van der Waals surface area contributed by atoms with Crippen LogP contribution >= 0.6 is 0 Å². The summed E-state index contributed by atoms with van der Waals surface area (Å²) in [5.41, 5.74) is 0. The summed E-state index contributed by atoms with van der Waals surface area (Å²) in [5.74, 6) is 0.142. The van der Waals surface area contributed by atoms with Gasteiger partial charge in [0.2, 0.25) is 5.91 Å². The molecule has 1 aliphatic carbocycles. The van der Waals surface area contributed by atoms with Crippen LogP contribution in [0.1, 0.15) is 27.2 Å². The largest absolute Gasteiger partial charge is 0.377 e. The van der Waals surface area contributed by atoms with Crippen LogP contribution in [0.4, 0.5) is 0 Å². The van der Waals surface area contributed by atoms with E-state index in [2.05, 4.69) is 10.6 Å². The fourth-order valence-corrected chi connectivity index (χ4v) is 2.12. The van der Waals surface area contributed by atoms with Gasteiger partial charge in [0, 0.05) is 38.8 Å². The van der Waals surface area contributed by atoms with E-state index in [9.17, 15) is 4.79 Å². The Labute approximate surface area is 110 Å². The normalized spacial score (nSPS) is 27.1. The number of carbonyl (C=O) groups excluding carboxylic acids is 1. The molecule has 0 spiro atoms. The zero-order valence-electron chi connectivity index (χ0n) is 11.9. The fourth-order valence-electron chi connectivity index (χ4n) is 2.12. The Morgan fingerprint density at radius 1 is 1.39 bits per heavy atom. The molecular formula is C13H26N2O3. The first-order valence-electron chi connectivity index (χ1n) is 6.75. The Bertz CT molecular complexity index is 259. The number of hydrogen-bond donors (Lipinski definition) is 2. The topological polar surface area (TPSA) is 59.6 Å². The highest BCUT2D eigenvalue weighted by Gasteiger charge is 2.41. The minimum absolute atomic E-state index is 0.0442. The maximum Gasteiger partial charge on any atom is 0.222 e. The predicted molar refractivity (Wildman–Crippen MR) is 70.5 cm³/mol. The first kappa shape index (κ1) is 15.4. The van der Waals surface area contributed by atoms with Gasteiger partial charge in [-0.3, -0.25) is 4.79 Å². The second-order valence-electron chi connectivity index (χ2n) is 4.94. The standard InChI is InChI=1S/C13H26N2O3/c1-5-18-11-8-10(12(11)17-4)14-6-7-15-13(16)9(2)3/h9-12,14H,5-8H2,1-4H3,(H,15,16). The van der Waals surface area contributed by atoms with Crippen molar-refractivity contribution in [2.75, 3.05) is 26.8 Å². The molecule has 3 unspecified atom stereocenters. The molecule has 2 N–H and O–H groups in total. The van der Waals surface area contributed by atoms with Crippen molar-refractivity contribution in [1.29, 1.82) is 0 Å². The molecule has 0 aromatic rings. The number of ether oxygens (including phenoxy) is 2. The van der Waals surface area contributed by atoms with Crippen LogP contribution in [0.5, 0.6) is 0 Å². The molecule has 1 fully saturated rings. The molecule has 1 saturated carbocycles. The van der Waals surface area contributed by atoms with Gasteiger partial charge in [0.15, 0.2) is 0 Å². The Hall–Kier alpha value is -0.650. The maximum atomic E-state index is 11.3. The highest BCUT2D eigenvalue weighted by atomic mass is 16.5. The van der Waals surface area contributed by atoms with E-state index in [0.29, 0.717) is 12.6 Å². The molecule has 0 heterocycles. The SMILES string of the molecule is CCOC1CC(NCCNC(=O)C(C)C)C1OC. The average molecular weight is 258 g/mol. The van der Waals surface area contributed by atoms with E-state index < -0.39 is 0 Å². The lowest BCUT2D eigenvalue weighted by atomic mass is 9.85. The van der Waals surface area contributed by atoms with E-state index in [1.165, 1.54) is 0 Å². The summed E-state index contributed by atoms with van der Waals surface area (Å²) in [7, 11) is 1.71. The predicted octanol–water partition coefficient (Wildman–Crippen LogP) is 0.541. The third-order valence-electron chi connectivity index (χ3n) is 3.26. The molecular weight excluding hydrogens is 232 g/mol. The van der Waals surface area contributed by atoms with Crippen LogP contribution in [0, 0.1) is 5.92 Å². The molecule has 5 heteroatoms. The van der Waals surface area contributed by atoms with Crippen molar-refractivity contribution in [3.8, 4) is 0 Å². The van der Waals surface area contributed by atoms with Crippen LogP contribution in [0.25, 0.3) is 0 Å². The second-order valence-corrected chi connectivity index (χ2v) is 4.94. The zero-order chi connectivity index (χ0) is 13.5. The lowest BCUT2D eigenvalue weighted by Crippen LogP contribution is -2.60. The van der Waals surface area contributed by atoms with Crippen LogP contribution < -0.4 is 10.6 Å². The van der Waals surface area contributed by atoms with E-state index in [1.807, 2.05) is 20.8 Å². The Kier molecular flexibility index (Phi) is 6.60. The van der Waals surface area contributed by atoms with Crippen molar-refractivity contribution in [3.63, 3.8) is 0 Å². The van der Waals surface area contributed by atoms with Gasteiger partial charge in [-0.1, -0.05) is 13.8 Å². The second kappa shape index (κ2) is 7.71. The quantitative estimate of drug-likeness (QED) is 0.624.